The van der Waals surface area contributed by atoms with Gasteiger partial charge in [-0.15, -0.1) is 0 Å². The lowest BCUT2D eigenvalue weighted by atomic mass is 9.97. The summed E-state index contributed by atoms with van der Waals surface area (Å²) >= 11 is 0. The van der Waals surface area contributed by atoms with Gasteiger partial charge in [0.05, 0.1) is 10.8 Å². The van der Waals surface area contributed by atoms with E-state index in [1.165, 1.54) is 12.1 Å². The molecular formula is C19H27N3O4S. The van der Waals surface area contributed by atoms with Crippen molar-refractivity contribution in [2.45, 2.75) is 37.5 Å². The van der Waals surface area contributed by atoms with Gasteiger partial charge >= 0.3 is 0 Å². The van der Waals surface area contributed by atoms with E-state index in [4.69, 9.17) is 5.14 Å². The molecule has 1 aromatic carbocycles. The van der Waals surface area contributed by atoms with Gasteiger partial charge in [-0.2, -0.15) is 0 Å². The average molecular weight is 394 g/mol. The van der Waals surface area contributed by atoms with E-state index in [1.807, 2.05) is 4.90 Å². The van der Waals surface area contributed by atoms with Crippen molar-refractivity contribution in [2.75, 3.05) is 26.2 Å². The topological polar surface area (TPSA) is 101 Å². The van der Waals surface area contributed by atoms with Gasteiger partial charge in [0.25, 0.3) is 0 Å². The molecule has 1 aromatic rings. The van der Waals surface area contributed by atoms with E-state index in [-0.39, 0.29) is 29.0 Å². The normalized spacial score (nSPS) is 21.7. The van der Waals surface area contributed by atoms with Crippen molar-refractivity contribution in [2.24, 2.45) is 17.0 Å². The maximum Gasteiger partial charge on any atom is 0.238 e. The molecule has 1 atom stereocenters. The van der Waals surface area contributed by atoms with Crippen LogP contribution in [0.4, 0.5) is 0 Å². The smallest absolute Gasteiger partial charge is 0.238 e. The van der Waals surface area contributed by atoms with Crippen LogP contribution in [0.5, 0.6) is 0 Å². The molecule has 2 heterocycles. The first-order chi connectivity index (χ1) is 12.7. The predicted molar refractivity (Wildman–Crippen MR) is 101 cm³/mol. The first-order valence-corrected chi connectivity index (χ1v) is 11.0. The molecule has 2 aliphatic heterocycles. The number of nitrogens with zero attached hydrogens (tertiary/aromatic N) is 2. The van der Waals surface area contributed by atoms with Crippen LogP contribution in [0.25, 0.3) is 0 Å². The molecule has 0 radical (unpaired) electrons. The van der Waals surface area contributed by atoms with Gasteiger partial charge in [0.15, 0.2) is 0 Å². The number of carbonyl (C=O) groups excluding carboxylic acids is 2. The highest BCUT2D eigenvalue weighted by Crippen LogP contribution is 2.24. The zero-order valence-electron chi connectivity index (χ0n) is 15.6. The zero-order chi connectivity index (χ0) is 19.6. The molecule has 7 nitrogen and oxygen atoms in total. The highest BCUT2D eigenvalue weighted by Gasteiger charge is 2.36. The lowest BCUT2D eigenvalue weighted by Gasteiger charge is -2.32. The molecule has 8 heteroatoms. The number of benzene rings is 1. The lowest BCUT2D eigenvalue weighted by Crippen LogP contribution is -2.42. The molecule has 27 heavy (non-hydrogen) atoms. The zero-order valence-corrected chi connectivity index (χ0v) is 16.5. The Morgan fingerprint density at radius 2 is 1.81 bits per heavy atom. The molecule has 2 saturated heterocycles. The SMILES string of the molecule is CC1CCN(C(=O)C2CC(=O)N(CCc3ccc(S(N)(=O)=O)cc3)C2)CC1. The van der Waals surface area contributed by atoms with Crippen LogP contribution in [0.2, 0.25) is 0 Å². The molecule has 0 aromatic heterocycles. The van der Waals surface area contributed by atoms with E-state index >= 15 is 0 Å². The molecule has 0 aliphatic carbocycles. The van der Waals surface area contributed by atoms with E-state index in [9.17, 15) is 18.0 Å². The van der Waals surface area contributed by atoms with Crippen LogP contribution in [0.15, 0.2) is 29.2 Å². The number of carbonyl (C=O) groups is 2. The summed E-state index contributed by atoms with van der Waals surface area (Å²) in [7, 11) is -3.70. The van der Waals surface area contributed by atoms with Crippen molar-refractivity contribution in [3.63, 3.8) is 0 Å². The van der Waals surface area contributed by atoms with Crippen LogP contribution in [-0.4, -0.2) is 56.2 Å². The third-order valence-electron chi connectivity index (χ3n) is 5.58. The Labute approximate surface area is 160 Å². The monoisotopic (exact) mass is 393 g/mol. The summed E-state index contributed by atoms with van der Waals surface area (Å²) in [5, 5.41) is 5.09. The second-order valence-corrected chi connectivity index (χ2v) is 9.25. The quantitative estimate of drug-likeness (QED) is 0.806. The summed E-state index contributed by atoms with van der Waals surface area (Å²) in [4.78, 5) is 28.7. The Morgan fingerprint density at radius 3 is 2.41 bits per heavy atom. The molecule has 3 rings (SSSR count). The van der Waals surface area contributed by atoms with Gasteiger partial charge in [-0.05, 0) is 42.9 Å². The number of piperidine rings is 1. The highest BCUT2D eigenvalue weighted by molar-refractivity contribution is 7.89. The van der Waals surface area contributed by atoms with Crippen LogP contribution < -0.4 is 5.14 Å². The van der Waals surface area contributed by atoms with Gasteiger partial charge in [-0.25, -0.2) is 13.6 Å². The van der Waals surface area contributed by atoms with Gasteiger partial charge in [0.2, 0.25) is 21.8 Å². The van der Waals surface area contributed by atoms with Crippen molar-refractivity contribution >= 4 is 21.8 Å². The van der Waals surface area contributed by atoms with E-state index in [1.54, 1.807) is 17.0 Å². The maximum absolute atomic E-state index is 12.7. The molecule has 1 unspecified atom stereocenters. The van der Waals surface area contributed by atoms with Crippen LogP contribution >= 0.6 is 0 Å². The second-order valence-electron chi connectivity index (χ2n) is 7.69. The maximum atomic E-state index is 12.7. The van der Waals surface area contributed by atoms with E-state index in [0.29, 0.717) is 25.4 Å². The molecule has 0 bridgehead atoms. The number of rotatable bonds is 5. The second kappa shape index (κ2) is 7.98. The van der Waals surface area contributed by atoms with Crippen molar-refractivity contribution < 1.29 is 18.0 Å². The molecule has 148 valence electrons. The minimum absolute atomic E-state index is 0.0138. The Morgan fingerprint density at radius 1 is 1.19 bits per heavy atom. The van der Waals surface area contributed by atoms with Crippen LogP contribution in [0.3, 0.4) is 0 Å². The largest absolute Gasteiger partial charge is 0.342 e. The Balaban J connectivity index is 1.53. The molecule has 0 saturated carbocycles. The third-order valence-corrected chi connectivity index (χ3v) is 6.51. The molecular weight excluding hydrogens is 366 g/mol. The fourth-order valence-corrected chi connectivity index (χ4v) is 4.27. The predicted octanol–water partition coefficient (Wildman–Crippen LogP) is 0.984. The molecule has 0 spiro atoms. The van der Waals surface area contributed by atoms with Gasteiger partial charge in [0, 0.05) is 32.6 Å². The fourth-order valence-electron chi connectivity index (χ4n) is 3.75. The number of amides is 2. The minimum atomic E-state index is -3.70. The van der Waals surface area contributed by atoms with Crippen molar-refractivity contribution in [3.05, 3.63) is 29.8 Å². The van der Waals surface area contributed by atoms with E-state index < -0.39 is 10.0 Å². The van der Waals surface area contributed by atoms with E-state index in [2.05, 4.69) is 6.92 Å². The number of hydrogen-bond donors (Lipinski definition) is 1. The number of nitrogens with two attached hydrogens (primary N) is 1. The standard InChI is InChI=1S/C19H27N3O4S/c1-14-6-9-21(10-7-14)19(24)16-12-18(23)22(13-16)11-8-15-2-4-17(5-3-15)27(20,25)26/h2-5,14,16H,6-13H2,1H3,(H2,20,25,26). The van der Waals surface area contributed by atoms with Crippen molar-refractivity contribution in [1.29, 1.82) is 0 Å². The fraction of sp³-hybridized carbons (Fsp3) is 0.579. The Hall–Kier alpha value is -1.93. The Kier molecular flexibility index (Phi) is 5.86. The minimum Gasteiger partial charge on any atom is -0.342 e. The number of primary sulfonamides is 1. The third kappa shape index (κ3) is 4.87. The van der Waals surface area contributed by atoms with Gasteiger partial charge in [-0.3, -0.25) is 9.59 Å². The molecule has 2 fully saturated rings. The summed E-state index contributed by atoms with van der Waals surface area (Å²) in [5.74, 6) is 0.544. The summed E-state index contributed by atoms with van der Waals surface area (Å²) < 4.78 is 22.6. The summed E-state index contributed by atoms with van der Waals surface area (Å²) in [6, 6.07) is 6.36. The molecule has 2 aliphatic rings. The molecule has 2 N–H and O–H groups in total. The first-order valence-electron chi connectivity index (χ1n) is 9.42. The van der Waals surface area contributed by atoms with Crippen LogP contribution in [0, 0.1) is 11.8 Å². The van der Waals surface area contributed by atoms with Gasteiger partial charge in [-0.1, -0.05) is 19.1 Å². The summed E-state index contributed by atoms with van der Waals surface area (Å²) in [6.45, 7) is 4.79. The van der Waals surface area contributed by atoms with Gasteiger partial charge in [0.1, 0.15) is 0 Å². The van der Waals surface area contributed by atoms with Gasteiger partial charge < -0.3 is 9.80 Å². The average Bonchev–Trinajstić information content (AvgIpc) is 3.00. The number of sulfonamides is 1. The molecule has 2 amide bonds. The first kappa shape index (κ1) is 19.8. The van der Waals surface area contributed by atoms with Crippen LogP contribution in [-0.2, 0) is 26.0 Å². The van der Waals surface area contributed by atoms with E-state index in [0.717, 1.165) is 31.5 Å². The highest BCUT2D eigenvalue weighted by atomic mass is 32.2. The van der Waals surface area contributed by atoms with Crippen molar-refractivity contribution in [3.8, 4) is 0 Å². The Bertz CT molecular complexity index is 799. The summed E-state index contributed by atoms with van der Waals surface area (Å²) in [6.07, 6.45) is 2.96. The van der Waals surface area contributed by atoms with Crippen molar-refractivity contribution in [1.82, 2.24) is 9.80 Å². The number of likely N-dealkylation sites (tertiary alicyclic amines) is 2. The lowest BCUT2D eigenvalue weighted by molar-refractivity contribution is -0.137. The number of hydrogen-bond acceptors (Lipinski definition) is 4. The summed E-state index contributed by atoms with van der Waals surface area (Å²) in [5.41, 5.74) is 0.926. The van der Waals surface area contributed by atoms with Crippen LogP contribution in [0.1, 0.15) is 31.7 Å².